The number of nitrogens with zero attached hydrogens (tertiary/aromatic N) is 2. The minimum absolute atomic E-state index is 0.572. The van der Waals surface area contributed by atoms with Crippen LogP contribution in [0.15, 0.2) is 9.98 Å². The number of anilines is 1. The van der Waals surface area contributed by atoms with E-state index in [4.69, 9.17) is 0 Å². The van der Waals surface area contributed by atoms with Crippen molar-refractivity contribution < 1.29 is 0 Å². The summed E-state index contributed by atoms with van der Waals surface area (Å²) in [5.74, 6) is 0. The Hall–Kier alpha value is -0.130. The molecule has 72 valence electrons. The van der Waals surface area contributed by atoms with E-state index < -0.39 is 0 Å². The average Bonchev–Trinajstić information content (AvgIpc) is 2.62. The maximum Gasteiger partial charge on any atom is 0.183 e. The zero-order chi connectivity index (χ0) is 9.26. The number of nitrogens with one attached hydrogen (secondary N) is 1. The van der Waals surface area contributed by atoms with E-state index >= 15 is 0 Å². The molecular formula is C8H12BrN3S. The van der Waals surface area contributed by atoms with E-state index in [-0.39, 0.29) is 0 Å². The van der Waals surface area contributed by atoms with E-state index in [0.29, 0.717) is 6.04 Å². The zero-order valence-corrected chi connectivity index (χ0v) is 9.86. The number of hydrogen-bond donors (Lipinski definition) is 1. The monoisotopic (exact) mass is 261 g/mol. The van der Waals surface area contributed by atoms with Gasteiger partial charge in [-0.1, -0.05) is 0 Å². The average molecular weight is 262 g/mol. The fourth-order valence-electron chi connectivity index (χ4n) is 1.55. The fraction of sp³-hybridized carbons (Fsp3) is 0.625. The molecule has 1 aliphatic rings. The minimum Gasteiger partial charge on any atom is -0.357 e. The highest BCUT2D eigenvalue weighted by atomic mass is 79.9. The second kappa shape index (κ2) is 3.94. The van der Waals surface area contributed by atoms with Crippen LogP contribution in [0.2, 0.25) is 0 Å². The van der Waals surface area contributed by atoms with Crippen LogP contribution in [0.3, 0.4) is 0 Å². The van der Waals surface area contributed by atoms with Crippen LogP contribution in [0.25, 0.3) is 0 Å². The fourth-order valence-corrected chi connectivity index (χ4v) is 2.77. The Balaban J connectivity index is 1.91. The van der Waals surface area contributed by atoms with Gasteiger partial charge in [-0.2, -0.15) is 0 Å². The number of aromatic nitrogens is 1. The van der Waals surface area contributed by atoms with E-state index in [9.17, 15) is 0 Å². The Morgan fingerprint density at radius 1 is 1.77 bits per heavy atom. The Morgan fingerprint density at radius 2 is 2.62 bits per heavy atom. The van der Waals surface area contributed by atoms with Gasteiger partial charge in [0.05, 0.1) is 0 Å². The van der Waals surface area contributed by atoms with Crippen molar-refractivity contribution in [3.63, 3.8) is 0 Å². The van der Waals surface area contributed by atoms with Crippen molar-refractivity contribution in [2.45, 2.75) is 12.5 Å². The molecule has 0 radical (unpaired) electrons. The lowest BCUT2D eigenvalue weighted by Crippen LogP contribution is -2.23. The smallest absolute Gasteiger partial charge is 0.183 e. The summed E-state index contributed by atoms with van der Waals surface area (Å²) in [6, 6.07) is 0.572. The second-order valence-electron chi connectivity index (χ2n) is 3.37. The van der Waals surface area contributed by atoms with Gasteiger partial charge >= 0.3 is 0 Å². The zero-order valence-electron chi connectivity index (χ0n) is 7.46. The highest BCUT2D eigenvalue weighted by molar-refractivity contribution is 9.10. The van der Waals surface area contributed by atoms with Crippen LogP contribution in [-0.2, 0) is 0 Å². The molecule has 13 heavy (non-hydrogen) atoms. The maximum atomic E-state index is 4.30. The van der Waals surface area contributed by atoms with Crippen molar-refractivity contribution in [1.29, 1.82) is 0 Å². The molecule has 1 unspecified atom stereocenters. The lowest BCUT2D eigenvalue weighted by atomic mass is 10.3. The van der Waals surface area contributed by atoms with Gasteiger partial charge in [0, 0.05) is 18.0 Å². The van der Waals surface area contributed by atoms with Crippen molar-refractivity contribution in [3.8, 4) is 0 Å². The van der Waals surface area contributed by atoms with Crippen molar-refractivity contribution in [2.24, 2.45) is 0 Å². The van der Waals surface area contributed by atoms with Crippen molar-refractivity contribution in [2.75, 3.05) is 25.5 Å². The molecule has 1 fully saturated rings. The first-order valence-electron chi connectivity index (χ1n) is 4.30. The quantitative estimate of drug-likeness (QED) is 0.883. The molecule has 1 saturated heterocycles. The molecule has 5 heteroatoms. The first-order valence-corrected chi connectivity index (χ1v) is 5.97. The van der Waals surface area contributed by atoms with E-state index in [0.717, 1.165) is 16.3 Å². The van der Waals surface area contributed by atoms with Gasteiger partial charge in [-0.15, -0.1) is 11.3 Å². The van der Waals surface area contributed by atoms with Crippen LogP contribution in [-0.4, -0.2) is 36.1 Å². The van der Waals surface area contributed by atoms with E-state index in [2.05, 4.69) is 38.2 Å². The number of rotatable bonds is 2. The van der Waals surface area contributed by atoms with Gasteiger partial charge in [-0.25, -0.2) is 4.98 Å². The first-order chi connectivity index (χ1) is 6.24. The minimum atomic E-state index is 0.572. The molecule has 0 saturated carbocycles. The largest absolute Gasteiger partial charge is 0.357 e. The Kier molecular flexibility index (Phi) is 2.86. The molecule has 0 bridgehead atoms. The van der Waals surface area contributed by atoms with Crippen LogP contribution in [0, 0.1) is 0 Å². The summed E-state index contributed by atoms with van der Waals surface area (Å²) in [5.41, 5.74) is 0. The molecule has 0 aliphatic carbocycles. The van der Waals surface area contributed by atoms with Crippen LogP contribution in [0.5, 0.6) is 0 Å². The molecule has 1 N–H and O–H groups in total. The summed E-state index contributed by atoms with van der Waals surface area (Å²) in [7, 11) is 2.15. The van der Waals surface area contributed by atoms with Crippen LogP contribution >= 0.6 is 27.3 Å². The lowest BCUT2D eigenvalue weighted by Gasteiger charge is -2.10. The number of thiazole rings is 1. The molecule has 2 heterocycles. The van der Waals surface area contributed by atoms with E-state index in [1.807, 2.05) is 5.38 Å². The first kappa shape index (κ1) is 9.43. The van der Waals surface area contributed by atoms with Gasteiger partial charge in [0.1, 0.15) is 4.60 Å². The molecule has 0 spiro atoms. The van der Waals surface area contributed by atoms with Crippen molar-refractivity contribution >= 4 is 32.4 Å². The van der Waals surface area contributed by atoms with Crippen LogP contribution < -0.4 is 5.32 Å². The van der Waals surface area contributed by atoms with Crippen molar-refractivity contribution in [3.05, 3.63) is 9.98 Å². The summed E-state index contributed by atoms with van der Waals surface area (Å²) in [5, 5.41) is 6.45. The van der Waals surface area contributed by atoms with Crippen molar-refractivity contribution in [1.82, 2.24) is 9.88 Å². The Bertz CT molecular complexity index is 289. The van der Waals surface area contributed by atoms with E-state index in [1.54, 1.807) is 11.3 Å². The van der Waals surface area contributed by atoms with Gasteiger partial charge in [0.15, 0.2) is 5.13 Å². The summed E-state index contributed by atoms with van der Waals surface area (Å²) >= 11 is 4.99. The SMILES string of the molecule is CN1CCC(Nc2nc(Br)cs2)C1. The van der Waals surface area contributed by atoms with Gasteiger partial charge < -0.3 is 10.2 Å². The van der Waals surface area contributed by atoms with Gasteiger partial charge in [-0.05, 0) is 35.9 Å². The third-order valence-corrected chi connectivity index (χ3v) is 3.68. The van der Waals surface area contributed by atoms with Gasteiger partial charge in [0.2, 0.25) is 0 Å². The van der Waals surface area contributed by atoms with Gasteiger partial charge in [-0.3, -0.25) is 0 Å². The predicted octanol–water partition coefficient (Wildman–Crippen LogP) is 2.02. The lowest BCUT2D eigenvalue weighted by molar-refractivity contribution is 0.414. The summed E-state index contributed by atoms with van der Waals surface area (Å²) in [4.78, 5) is 6.64. The Morgan fingerprint density at radius 3 is 3.15 bits per heavy atom. The van der Waals surface area contributed by atoms with Crippen LogP contribution in [0.4, 0.5) is 5.13 Å². The second-order valence-corrected chi connectivity index (χ2v) is 5.04. The summed E-state index contributed by atoms with van der Waals surface area (Å²) in [6.07, 6.45) is 1.22. The molecule has 3 nitrogen and oxygen atoms in total. The molecular weight excluding hydrogens is 250 g/mol. The standard InChI is InChI=1S/C8H12BrN3S/c1-12-3-2-6(4-12)10-8-11-7(9)5-13-8/h5-6H,2-4H2,1H3,(H,10,11). The Labute approximate surface area is 90.3 Å². The number of halogens is 1. The highest BCUT2D eigenvalue weighted by Crippen LogP contribution is 2.21. The number of hydrogen-bond acceptors (Lipinski definition) is 4. The molecule has 1 aromatic rings. The highest BCUT2D eigenvalue weighted by Gasteiger charge is 2.19. The molecule has 2 rings (SSSR count). The number of likely N-dealkylation sites (tertiary alicyclic amines) is 1. The third-order valence-electron chi connectivity index (χ3n) is 2.20. The number of likely N-dealkylation sites (N-methyl/N-ethyl adjacent to an activating group) is 1. The summed E-state index contributed by atoms with van der Waals surface area (Å²) < 4.78 is 0.923. The maximum absolute atomic E-state index is 4.30. The van der Waals surface area contributed by atoms with Crippen LogP contribution in [0.1, 0.15) is 6.42 Å². The molecule has 0 aromatic carbocycles. The predicted molar refractivity (Wildman–Crippen MR) is 59.3 cm³/mol. The molecule has 1 aliphatic heterocycles. The normalized spacial score (nSPS) is 23.7. The summed E-state index contributed by atoms with van der Waals surface area (Å²) in [6.45, 7) is 2.31. The third kappa shape index (κ3) is 2.42. The van der Waals surface area contributed by atoms with E-state index in [1.165, 1.54) is 13.0 Å². The molecule has 1 atom stereocenters. The molecule has 0 amide bonds. The van der Waals surface area contributed by atoms with Gasteiger partial charge in [0.25, 0.3) is 0 Å². The topological polar surface area (TPSA) is 28.2 Å². The molecule has 1 aromatic heterocycles.